The number of pyridine rings is 1. The zero-order valence-corrected chi connectivity index (χ0v) is 22.1. The zero-order valence-electron chi connectivity index (χ0n) is 20.5. The number of nitrogens with one attached hydrogen (secondary N) is 1. The Bertz CT molecular complexity index is 1240. The molecule has 34 heavy (non-hydrogen) atoms. The number of hydrogen-bond donors (Lipinski definition) is 1. The molecule has 1 aliphatic heterocycles. The van der Waals surface area contributed by atoms with E-state index >= 15 is 4.39 Å². The predicted molar refractivity (Wildman–Crippen MR) is 134 cm³/mol. The van der Waals surface area contributed by atoms with Crippen LogP contribution in [-0.4, -0.2) is 55.9 Å². The molecule has 0 spiro atoms. The van der Waals surface area contributed by atoms with E-state index in [9.17, 15) is 0 Å². The molecule has 2 aliphatic rings. The third-order valence-corrected chi connectivity index (χ3v) is 8.21. The molecule has 7 nitrogen and oxygen atoms in total. The molecule has 4 unspecified atom stereocenters. The highest BCUT2D eigenvalue weighted by molar-refractivity contribution is 7.98. The van der Waals surface area contributed by atoms with Crippen molar-refractivity contribution in [3.8, 4) is 10.6 Å². The molecule has 182 valence electrons. The topological polar surface area (TPSA) is 82.1 Å². The normalized spacial score (nSPS) is 26.2. The van der Waals surface area contributed by atoms with Crippen molar-refractivity contribution in [2.24, 2.45) is 5.92 Å². The number of hydrogen-bond acceptors (Lipinski definition) is 9. The van der Waals surface area contributed by atoms with Gasteiger partial charge >= 0.3 is 0 Å². The van der Waals surface area contributed by atoms with E-state index in [0.717, 1.165) is 32.2 Å². The number of alkyl halides is 1. The van der Waals surface area contributed by atoms with Gasteiger partial charge in [-0.1, -0.05) is 11.8 Å². The summed E-state index contributed by atoms with van der Waals surface area (Å²) < 4.78 is 28.7. The van der Waals surface area contributed by atoms with Gasteiger partial charge in [0.25, 0.3) is 0 Å². The molecule has 0 amide bonds. The zero-order chi connectivity index (χ0) is 24.4. The van der Waals surface area contributed by atoms with Crippen LogP contribution in [0.25, 0.3) is 20.8 Å². The monoisotopic (exact) mass is 503 g/mol. The Labute approximate surface area is 207 Å². The minimum Gasteiger partial charge on any atom is -0.364 e. The van der Waals surface area contributed by atoms with E-state index in [1.54, 1.807) is 31.4 Å². The van der Waals surface area contributed by atoms with Crippen LogP contribution >= 0.6 is 23.1 Å². The van der Waals surface area contributed by atoms with Crippen LogP contribution in [0.5, 0.6) is 0 Å². The van der Waals surface area contributed by atoms with Gasteiger partial charge in [0.05, 0.1) is 33.8 Å². The summed E-state index contributed by atoms with van der Waals surface area (Å²) >= 11 is 3.08. The van der Waals surface area contributed by atoms with E-state index in [2.05, 4.69) is 15.3 Å². The number of thioether (sulfide) groups is 1. The first-order valence-electron chi connectivity index (χ1n) is 11.4. The minimum absolute atomic E-state index is 0.160. The number of ether oxygens (including phenoxy) is 2. The molecule has 1 saturated carbocycles. The van der Waals surface area contributed by atoms with Crippen LogP contribution in [0.2, 0.25) is 0 Å². The van der Waals surface area contributed by atoms with Crippen LogP contribution in [0.3, 0.4) is 0 Å². The van der Waals surface area contributed by atoms with Gasteiger partial charge in [-0.15, -0.1) is 11.3 Å². The molecule has 1 saturated heterocycles. The molecule has 0 aromatic carbocycles. The number of nitrogens with zero attached hydrogens (tertiary/aromatic N) is 4. The summed E-state index contributed by atoms with van der Waals surface area (Å²) in [6, 6.07) is 1.82. The molecule has 1 N–H and O–H groups in total. The van der Waals surface area contributed by atoms with Gasteiger partial charge in [-0.25, -0.2) is 19.3 Å². The van der Waals surface area contributed by atoms with Gasteiger partial charge < -0.3 is 14.8 Å². The van der Waals surface area contributed by atoms with Crippen molar-refractivity contribution in [1.82, 2.24) is 19.9 Å². The molecule has 4 atom stereocenters. The number of thiazole rings is 1. The Hall–Kier alpha value is -1.88. The van der Waals surface area contributed by atoms with Crippen molar-refractivity contribution < 1.29 is 13.9 Å². The maximum Gasteiger partial charge on any atom is 0.189 e. The molecule has 0 radical (unpaired) electrons. The summed E-state index contributed by atoms with van der Waals surface area (Å²) in [6.07, 6.45) is 3.73. The Kier molecular flexibility index (Phi) is 5.86. The Morgan fingerprint density at radius 3 is 2.56 bits per heavy atom. The van der Waals surface area contributed by atoms with Crippen LogP contribution in [0.1, 0.15) is 45.5 Å². The highest BCUT2D eigenvalue weighted by atomic mass is 32.2. The largest absolute Gasteiger partial charge is 0.364 e. The van der Waals surface area contributed by atoms with E-state index in [1.165, 1.54) is 11.8 Å². The fraction of sp³-hybridized carbons (Fsp3) is 0.583. The fourth-order valence-electron chi connectivity index (χ4n) is 5.06. The summed E-state index contributed by atoms with van der Waals surface area (Å²) in [4.78, 5) is 18.8. The van der Waals surface area contributed by atoms with E-state index in [1.807, 2.05) is 40.0 Å². The van der Waals surface area contributed by atoms with Crippen molar-refractivity contribution in [2.45, 2.75) is 82.8 Å². The number of halogens is 1. The molecule has 3 aromatic heterocycles. The second kappa shape index (κ2) is 8.36. The lowest BCUT2D eigenvalue weighted by Crippen LogP contribution is -2.36. The van der Waals surface area contributed by atoms with Gasteiger partial charge in [0.2, 0.25) is 0 Å². The molecule has 4 heterocycles. The average molecular weight is 504 g/mol. The third kappa shape index (κ3) is 4.19. The highest BCUT2D eigenvalue weighted by Crippen LogP contribution is 2.48. The summed E-state index contributed by atoms with van der Waals surface area (Å²) in [5, 5.41) is 5.11. The maximum absolute atomic E-state index is 15.2. The number of aromatic nitrogens is 4. The maximum atomic E-state index is 15.2. The Morgan fingerprint density at radius 1 is 1.15 bits per heavy atom. The van der Waals surface area contributed by atoms with Crippen LogP contribution in [0.4, 0.5) is 10.2 Å². The van der Waals surface area contributed by atoms with Crippen molar-refractivity contribution in [3.63, 3.8) is 0 Å². The van der Waals surface area contributed by atoms with Crippen molar-refractivity contribution in [2.75, 3.05) is 11.6 Å². The minimum atomic E-state index is -1.39. The first-order chi connectivity index (χ1) is 16.0. The molecule has 3 aromatic rings. The second-order valence-electron chi connectivity index (χ2n) is 10.0. The van der Waals surface area contributed by atoms with Gasteiger partial charge in [0.1, 0.15) is 28.1 Å². The number of fused-ring (bicyclic) bond motifs is 2. The van der Waals surface area contributed by atoms with Crippen LogP contribution in [0.15, 0.2) is 17.4 Å². The van der Waals surface area contributed by atoms with Crippen molar-refractivity contribution >= 4 is 39.1 Å². The fourth-order valence-corrected chi connectivity index (χ4v) is 6.58. The first-order valence-corrected chi connectivity index (χ1v) is 13.5. The summed E-state index contributed by atoms with van der Waals surface area (Å²) in [5.41, 5.74) is 2.08. The van der Waals surface area contributed by atoms with Crippen molar-refractivity contribution in [3.05, 3.63) is 23.7 Å². The molecule has 2 fully saturated rings. The molecule has 10 heteroatoms. The second-order valence-corrected chi connectivity index (χ2v) is 11.8. The van der Waals surface area contributed by atoms with E-state index in [4.69, 9.17) is 19.4 Å². The van der Waals surface area contributed by atoms with Gasteiger partial charge in [-0.3, -0.25) is 4.98 Å². The van der Waals surface area contributed by atoms with Gasteiger partial charge in [0, 0.05) is 12.1 Å². The Morgan fingerprint density at radius 2 is 1.88 bits per heavy atom. The molecule has 0 bridgehead atoms. The van der Waals surface area contributed by atoms with Crippen LogP contribution in [0, 0.1) is 19.8 Å². The van der Waals surface area contributed by atoms with Crippen LogP contribution in [-0.2, 0) is 9.47 Å². The SMILES string of the molecule is CSc1nc(C)c(-c2nc3c(C)nccc3s2)c(NC2CC(C(C)(C)F)C3OC(C)(C)OC23)n1. The standard InChI is InChI=1S/C24H30FN5O2S2/c1-11-16(21-29-17-12(2)26-9-8-15(17)34-21)20(30-22(27-11)33-7)28-14-10-13(23(3,4)25)18-19(14)32-24(5,6)31-18/h8-9,13-14,18-19H,10H2,1-7H3,(H,27,28,30). The number of aryl methyl sites for hydroxylation is 2. The Balaban J connectivity index is 1.57. The quantitative estimate of drug-likeness (QED) is 0.358. The van der Waals surface area contributed by atoms with E-state index in [-0.39, 0.29) is 24.2 Å². The van der Waals surface area contributed by atoms with Gasteiger partial charge in [0.15, 0.2) is 10.9 Å². The van der Waals surface area contributed by atoms with E-state index in [0.29, 0.717) is 17.4 Å². The highest BCUT2D eigenvalue weighted by Gasteiger charge is 2.58. The summed E-state index contributed by atoms with van der Waals surface area (Å²) in [7, 11) is 0. The lowest BCUT2D eigenvalue weighted by molar-refractivity contribution is -0.162. The lowest BCUT2D eigenvalue weighted by atomic mass is 9.89. The third-order valence-electron chi connectivity index (χ3n) is 6.62. The molecular formula is C24H30FN5O2S2. The summed E-state index contributed by atoms with van der Waals surface area (Å²) in [6.45, 7) is 10.9. The van der Waals surface area contributed by atoms with E-state index < -0.39 is 11.5 Å². The first kappa shape index (κ1) is 23.8. The van der Waals surface area contributed by atoms with Crippen LogP contribution < -0.4 is 5.32 Å². The molecule has 5 rings (SSSR count). The predicted octanol–water partition coefficient (Wildman–Crippen LogP) is 5.56. The van der Waals surface area contributed by atoms with Gasteiger partial charge in [-0.05, 0) is 60.3 Å². The average Bonchev–Trinajstić information content (AvgIpc) is 3.39. The van der Waals surface area contributed by atoms with Crippen molar-refractivity contribution in [1.29, 1.82) is 0 Å². The summed E-state index contributed by atoms with van der Waals surface area (Å²) in [5.74, 6) is -0.360. The molecule has 1 aliphatic carbocycles. The number of rotatable bonds is 5. The van der Waals surface area contributed by atoms with Gasteiger partial charge in [-0.2, -0.15) is 0 Å². The lowest BCUT2D eigenvalue weighted by Gasteiger charge is -2.29. The molecular weight excluding hydrogens is 473 g/mol. The smallest absolute Gasteiger partial charge is 0.189 e. The number of anilines is 1.